The quantitative estimate of drug-likeness (QED) is 0.149. The summed E-state index contributed by atoms with van der Waals surface area (Å²) in [7, 11) is -2.68. The number of nitrogens with zero attached hydrogens (tertiary/aromatic N) is 3. The molecule has 0 radical (unpaired) electrons. The fourth-order valence-corrected chi connectivity index (χ4v) is 5.18. The first-order valence-corrected chi connectivity index (χ1v) is 13.7. The van der Waals surface area contributed by atoms with Crippen LogP contribution in [-0.2, 0) is 21.4 Å². The first kappa shape index (κ1) is 28.8. The van der Waals surface area contributed by atoms with E-state index >= 15 is 0 Å². The number of methoxy groups -OCH3 is 1. The molecule has 1 N–H and O–H groups in total. The second-order valence-electron chi connectivity index (χ2n) is 8.57. The maximum Gasteiger partial charge on any atom is 0.269 e. The Morgan fingerprint density at radius 1 is 0.951 bits per heavy atom. The summed E-state index contributed by atoms with van der Waals surface area (Å²) in [5.41, 5.74) is 4.03. The zero-order valence-electron chi connectivity index (χ0n) is 21.9. The number of para-hydroxylation sites is 2. The van der Waals surface area contributed by atoms with Gasteiger partial charge in [-0.15, -0.1) is 0 Å². The van der Waals surface area contributed by atoms with Gasteiger partial charge in [0, 0.05) is 12.1 Å². The molecule has 4 rings (SSSR count). The van der Waals surface area contributed by atoms with Gasteiger partial charge < -0.3 is 9.47 Å². The van der Waals surface area contributed by atoms with E-state index in [9.17, 15) is 23.3 Å². The number of hydrazone groups is 1. The third-order valence-electron chi connectivity index (χ3n) is 5.81. The molecule has 0 spiro atoms. The Hall–Kier alpha value is -5.23. The molecule has 0 aliphatic heterocycles. The van der Waals surface area contributed by atoms with Gasteiger partial charge in [-0.1, -0.05) is 30.3 Å². The van der Waals surface area contributed by atoms with Crippen LogP contribution in [0, 0.1) is 10.1 Å². The van der Waals surface area contributed by atoms with E-state index in [0.717, 1.165) is 9.87 Å². The Labute approximate surface area is 236 Å². The molecule has 0 unspecified atom stereocenters. The van der Waals surface area contributed by atoms with Crippen molar-refractivity contribution in [3.05, 3.63) is 124 Å². The third-order valence-corrected chi connectivity index (χ3v) is 7.58. The topological polar surface area (TPSA) is 140 Å². The van der Waals surface area contributed by atoms with Crippen molar-refractivity contribution in [3.63, 3.8) is 0 Å². The molecule has 0 saturated heterocycles. The van der Waals surface area contributed by atoms with Crippen molar-refractivity contribution in [2.24, 2.45) is 5.10 Å². The molecular formula is C29H26N4O7S. The van der Waals surface area contributed by atoms with Crippen LogP contribution < -0.4 is 19.2 Å². The van der Waals surface area contributed by atoms with Gasteiger partial charge in [-0.2, -0.15) is 5.10 Å². The van der Waals surface area contributed by atoms with Crippen LogP contribution >= 0.6 is 0 Å². The minimum atomic E-state index is -4.10. The summed E-state index contributed by atoms with van der Waals surface area (Å²) in [6.07, 6.45) is 1.41. The van der Waals surface area contributed by atoms with E-state index in [1.54, 1.807) is 78.9 Å². The second-order valence-corrected chi connectivity index (χ2v) is 10.4. The Morgan fingerprint density at radius 3 is 2.27 bits per heavy atom. The summed E-state index contributed by atoms with van der Waals surface area (Å²) in [5.74, 6) is 0.206. The first-order chi connectivity index (χ1) is 19.8. The van der Waals surface area contributed by atoms with E-state index in [0.29, 0.717) is 17.1 Å². The molecule has 0 fully saturated rings. The molecular weight excluding hydrogens is 548 g/mol. The normalized spacial score (nSPS) is 11.1. The predicted octanol–water partition coefficient (Wildman–Crippen LogP) is 4.53. The Kier molecular flexibility index (Phi) is 9.28. The number of hydrogen-bond donors (Lipinski definition) is 1. The highest BCUT2D eigenvalue weighted by atomic mass is 32.2. The number of anilines is 1. The third kappa shape index (κ3) is 7.46. The fraction of sp³-hybridized carbons (Fsp3) is 0.103. The summed E-state index contributed by atoms with van der Waals surface area (Å²) < 4.78 is 38.9. The van der Waals surface area contributed by atoms with Crippen molar-refractivity contribution in [3.8, 4) is 11.5 Å². The van der Waals surface area contributed by atoms with Gasteiger partial charge in [-0.25, -0.2) is 13.8 Å². The number of ether oxygens (including phenoxy) is 2. The number of nitro groups is 1. The average molecular weight is 575 g/mol. The van der Waals surface area contributed by atoms with Crippen molar-refractivity contribution in [2.45, 2.75) is 11.5 Å². The number of sulfonamides is 1. The lowest BCUT2D eigenvalue weighted by Gasteiger charge is -2.25. The standard InChI is InChI=1S/C29H26N4O7S/c1-39-28-10-6-5-9-27(28)32(41(37,38)26-7-3-2-4-8-26)20-29(34)31-30-19-22-13-17-25(18-14-22)40-21-23-11-15-24(16-12-23)33(35)36/h2-19H,20-21H2,1H3,(H,31,34)/b30-19-. The van der Waals surface area contributed by atoms with E-state index in [1.807, 2.05) is 0 Å². The number of benzene rings is 4. The second kappa shape index (κ2) is 13.2. The van der Waals surface area contributed by atoms with Crippen LogP contribution in [0.1, 0.15) is 11.1 Å². The maximum absolute atomic E-state index is 13.5. The highest BCUT2D eigenvalue weighted by Crippen LogP contribution is 2.32. The molecule has 0 atom stereocenters. The van der Waals surface area contributed by atoms with Crippen molar-refractivity contribution in [2.75, 3.05) is 18.0 Å². The summed E-state index contributed by atoms with van der Waals surface area (Å²) in [5, 5.41) is 14.7. The molecule has 0 bridgehead atoms. The molecule has 1 amide bonds. The molecule has 11 nitrogen and oxygen atoms in total. The lowest BCUT2D eigenvalue weighted by Crippen LogP contribution is -2.39. The predicted molar refractivity (Wildman–Crippen MR) is 154 cm³/mol. The van der Waals surface area contributed by atoms with Crippen LogP contribution in [0.15, 0.2) is 113 Å². The van der Waals surface area contributed by atoms with Crippen molar-refractivity contribution < 1.29 is 27.6 Å². The molecule has 12 heteroatoms. The van der Waals surface area contributed by atoms with E-state index in [1.165, 1.54) is 37.6 Å². The number of nitrogens with one attached hydrogen (secondary N) is 1. The largest absolute Gasteiger partial charge is 0.495 e. The van der Waals surface area contributed by atoms with Gasteiger partial charge in [0.2, 0.25) is 0 Å². The zero-order valence-corrected chi connectivity index (χ0v) is 22.7. The summed E-state index contributed by atoms with van der Waals surface area (Å²) in [6.45, 7) is -0.305. The Balaban J connectivity index is 1.39. The number of amides is 1. The van der Waals surface area contributed by atoms with Gasteiger partial charge >= 0.3 is 0 Å². The summed E-state index contributed by atoms with van der Waals surface area (Å²) >= 11 is 0. The number of hydrogen-bond acceptors (Lipinski definition) is 8. The smallest absolute Gasteiger partial charge is 0.269 e. The van der Waals surface area contributed by atoms with E-state index in [-0.39, 0.29) is 22.9 Å². The SMILES string of the molecule is COc1ccccc1N(CC(=O)N/N=C\c1ccc(OCc2ccc([N+](=O)[O-])cc2)cc1)S(=O)(=O)c1ccccc1. The first-order valence-electron chi connectivity index (χ1n) is 12.3. The number of carbonyl (C=O) groups excluding carboxylic acids is 1. The number of non-ortho nitro benzene ring substituents is 1. The highest BCUT2D eigenvalue weighted by Gasteiger charge is 2.29. The van der Waals surface area contributed by atoms with Gasteiger partial charge in [0.25, 0.3) is 21.6 Å². The summed E-state index contributed by atoms with van der Waals surface area (Å²) in [6, 6.07) is 27.3. The monoisotopic (exact) mass is 574 g/mol. The highest BCUT2D eigenvalue weighted by molar-refractivity contribution is 7.92. The van der Waals surface area contributed by atoms with E-state index in [4.69, 9.17) is 9.47 Å². The van der Waals surface area contributed by atoms with Crippen LogP contribution in [0.5, 0.6) is 11.5 Å². The minimum Gasteiger partial charge on any atom is -0.495 e. The van der Waals surface area contributed by atoms with Gasteiger partial charge in [0.1, 0.15) is 24.7 Å². The molecule has 0 aliphatic rings. The van der Waals surface area contributed by atoms with E-state index < -0.39 is 27.4 Å². The van der Waals surface area contributed by atoms with Crippen molar-refractivity contribution >= 4 is 33.5 Å². The lowest BCUT2D eigenvalue weighted by molar-refractivity contribution is -0.384. The molecule has 0 heterocycles. The average Bonchev–Trinajstić information content (AvgIpc) is 3.00. The summed E-state index contributed by atoms with van der Waals surface area (Å²) in [4.78, 5) is 23.1. The lowest BCUT2D eigenvalue weighted by atomic mass is 10.2. The molecule has 4 aromatic rings. The molecule has 4 aromatic carbocycles. The Bertz CT molecular complexity index is 1630. The zero-order chi connectivity index (χ0) is 29.2. The fourth-order valence-electron chi connectivity index (χ4n) is 3.73. The molecule has 0 saturated carbocycles. The Morgan fingerprint density at radius 2 is 1.61 bits per heavy atom. The number of carbonyl (C=O) groups is 1. The van der Waals surface area contributed by atoms with Crippen molar-refractivity contribution in [1.29, 1.82) is 0 Å². The van der Waals surface area contributed by atoms with Gasteiger partial charge in [0.05, 0.1) is 28.8 Å². The van der Waals surface area contributed by atoms with Crippen LogP contribution in [0.4, 0.5) is 11.4 Å². The van der Waals surface area contributed by atoms with Gasteiger partial charge in [0.15, 0.2) is 0 Å². The molecule has 210 valence electrons. The van der Waals surface area contributed by atoms with Crippen LogP contribution in [-0.4, -0.2) is 39.1 Å². The van der Waals surface area contributed by atoms with Crippen LogP contribution in [0.2, 0.25) is 0 Å². The van der Waals surface area contributed by atoms with Crippen LogP contribution in [0.25, 0.3) is 0 Å². The maximum atomic E-state index is 13.5. The molecule has 0 aliphatic carbocycles. The number of rotatable bonds is 12. The van der Waals surface area contributed by atoms with Gasteiger partial charge in [-0.3, -0.25) is 19.2 Å². The van der Waals surface area contributed by atoms with Gasteiger partial charge in [-0.05, 0) is 71.8 Å². The minimum absolute atomic E-state index is 0.00907. The molecule has 41 heavy (non-hydrogen) atoms. The van der Waals surface area contributed by atoms with Crippen LogP contribution in [0.3, 0.4) is 0 Å². The van der Waals surface area contributed by atoms with Crippen molar-refractivity contribution in [1.82, 2.24) is 5.43 Å². The molecule has 0 aromatic heterocycles. The number of nitro benzene ring substituents is 1. The van der Waals surface area contributed by atoms with E-state index in [2.05, 4.69) is 10.5 Å².